The van der Waals surface area contributed by atoms with Gasteiger partial charge in [-0.25, -0.2) is 9.18 Å². The zero-order chi connectivity index (χ0) is 14.3. The van der Waals surface area contributed by atoms with Crippen molar-refractivity contribution in [2.75, 3.05) is 0 Å². The van der Waals surface area contributed by atoms with Crippen LogP contribution >= 0.6 is 0 Å². The summed E-state index contributed by atoms with van der Waals surface area (Å²) in [6, 6.07) is 4.34. The fourth-order valence-corrected chi connectivity index (χ4v) is 2.19. The fraction of sp³-hybridized carbons (Fsp3) is 0.286. The first kappa shape index (κ1) is 12.7. The molecule has 0 atom stereocenters. The van der Waals surface area contributed by atoms with Gasteiger partial charge in [-0.1, -0.05) is 6.07 Å². The van der Waals surface area contributed by atoms with Gasteiger partial charge >= 0.3 is 5.69 Å². The van der Waals surface area contributed by atoms with Crippen molar-refractivity contribution in [3.8, 4) is 0 Å². The van der Waals surface area contributed by atoms with E-state index in [-0.39, 0.29) is 17.8 Å². The van der Waals surface area contributed by atoms with Crippen molar-refractivity contribution in [1.82, 2.24) is 9.13 Å². The Hall–Kier alpha value is -2.37. The monoisotopic (exact) mass is 275 g/mol. The number of primary amides is 1. The van der Waals surface area contributed by atoms with Gasteiger partial charge in [-0.2, -0.15) is 0 Å². The van der Waals surface area contributed by atoms with E-state index in [1.54, 1.807) is 17.0 Å². The molecule has 6 heteroatoms. The Kier molecular flexibility index (Phi) is 2.93. The summed E-state index contributed by atoms with van der Waals surface area (Å²) in [6.45, 7) is 0.142. The SMILES string of the molecule is NC(=O)c1ccc(Cn2ccn(C3CC3)c2=O)c(F)c1. The van der Waals surface area contributed by atoms with E-state index in [9.17, 15) is 14.0 Å². The molecule has 2 N–H and O–H groups in total. The van der Waals surface area contributed by atoms with Crippen molar-refractivity contribution in [1.29, 1.82) is 0 Å². The van der Waals surface area contributed by atoms with Crippen molar-refractivity contribution in [3.05, 3.63) is 58.0 Å². The summed E-state index contributed by atoms with van der Waals surface area (Å²) < 4.78 is 17.0. The second-order valence-corrected chi connectivity index (χ2v) is 5.02. The maximum atomic E-state index is 13.9. The first-order valence-corrected chi connectivity index (χ1v) is 6.42. The maximum Gasteiger partial charge on any atom is 0.328 e. The molecule has 1 aliphatic rings. The van der Waals surface area contributed by atoms with Crippen LogP contribution in [0.4, 0.5) is 4.39 Å². The van der Waals surface area contributed by atoms with Crippen molar-refractivity contribution < 1.29 is 9.18 Å². The molecule has 1 fully saturated rings. The standard InChI is InChI=1S/C14H14FN3O2/c15-12-7-9(13(16)19)1-2-10(12)8-17-5-6-18(14(17)20)11-3-4-11/h1-2,5-7,11H,3-4,8H2,(H2,16,19). The van der Waals surface area contributed by atoms with E-state index in [2.05, 4.69) is 0 Å². The number of hydrogen-bond acceptors (Lipinski definition) is 2. The minimum Gasteiger partial charge on any atom is -0.366 e. The van der Waals surface area contributed by atoms with Crippen molar-refractivity contribution in [3.63, 3.8) is 0 Å². The van der Waals surface area contributed by atoms with E-state index in [1.807, 2.05) is 0 Å². The highest BCUT2D eigenvalue weighted by Gasteiger charge is 2.25. The molecular formula is C14H14FN3O2. The van der Waals surface area contributed by atoms with Gasteiger partial charge in [0, 0.05) is 29.6 Å². The fourth-order valence-electron chi connectivity index (χ4n) is 2.19. The van der Waals surface area contributed by atoms with E-state index >= 15 is 0 Å². The van der Waals surface area contributed by atoms with E-state index < -0.39 is 11.7 Å². The number of nitrogens with zero attached hydrogens (tertiary/aromatic N) is 2. The van der Waals surface area contributed by atoms with Crippen LogP contribution in [0, 0.1) is 5.82 Å². The highest BCUT2D eigenvalue weighted by Crippen LogP contribution is 2.33. The average Bonchev–Trinajstić information content (AvgIpc) is 3.18. The molecule has 0 saturated heterocycles. The molecule has 5 nitrogen and oxygen atoms in total. The van der Waals surface area contributed by atoms with Gasteiger partial charge in [-0.05, 0) is 25.0 Å². The van der Waals surface area contributed by atoms with Crippen molar-refractivity contribution in [2.24, 2.45) is 5.73 Å². The molecule has 1 heterocycles. The zero-order valence-electron chi connectivity index (χ0n) is 10.8. The number of amides is 1. The Balaban J connectivity index is 1.87. The van der Waals surface area contributed by atoms with Gasteiger partial charge in [0.15, 0.2) is 0 Å². The van der Waals surface area contributed by atoms with E-state index in [0.717, 1.165) is 18.9 Å². The predicted molar refractivity (Wildman–Crippen MR) is 71.0 cm³/mol. The number of nitrogens with two attached hydrogens (primary N) is 1. The van der Waals surface area contributed by atoms with Crippen LogP contribution in [0.3, 0.4) is 0 Å². The van der Waals surface area contributed by atoms with Gasteiger partial charge < -0.3 is 5.73 Å². The molecular weight excluding hydrogens is 261 g/mol. The molecule has 1 aromatic heterocycles. The molecule has 0 unspecified atom stereocenters. The van der Waals surface area contributed by atoms with E-state index in [0.29, 0.717) is 11.6 Å². The van der Waals surface area contributed by atoms with Gasteiger partial charge in [0.25, 0.3) is 0 Å². The Morgan fingerprint density at radius 3 is 2.70 bits per heavy atom. The second-order valence-electron chi connectivity index (χ2n) is 5.02. The Morgan fingerprint density at radius 1 is 1.35 bits per heavy atom. The molecule has 20 heavy (non-hydrogen) atoms. The lowest BCUT2D eigenvalue weighted by atomic mass is 10.1. The molecule has 1 saturated carbocycles. The Morgan fingerprint density at radius 2 is 2.10 bits per heavy atom. The van der Waals surface area contributed by atoms with Crippen molar-refractivity contribution in [2.45, 2.75) is 25.4 Å². The highest BCUT2D eigenvalue weighted by molar-refractivity contribution is 5.92. The van der Waals surface area contributed by atoms with Gasteiger partial charge in [-0.15, -0.1) is 0 Å². The third kappa shape index (κ3) is 2.24. The van der Waals surface area contributed by atoms with Crippen LogP contribution in [0.5, 0.6) is 0 Å². The normalized spacial score (nSPS) is 14.4. The third-order valence-electron chi connectivity index (χ3n) is 3.49. The lowest BCUT2D eigenvalue weighted by Crippen LogP contribution is -2.24. The summed E-state index contributed by atoms with van der Waals surface area (Å²) >= 11 is 0. The van der Waals surface area contributed by atoms with Crippen LogP contribution in [0.2, 0.25) is 0 Å². The molecule has 0 radical (unpaired) electrons. The number of carbonyl (C=O) groups excluding carboxylic acids is 1. The first-order chi connectivity index (χ1) is 9.56. The van der Waals surface area contributed by atoms with Crippen molar-refractivity contribution >= 4 is 5.91 Å². The van der Waals surface area contributed by atoms with Crippen LogP contribution in [0.15, 0.2) is 35.4 Å². The minimum atomic E-state index is -0.674. The average molecular weight is 275 g/mol. The maximum absolute atomic E-state index is 13.9. The quantitative estimate of drug-likeness (QED) is 0.912. The van der Waals surface area contributed by atoms with E-state index in [1.165, 1.54) is 16.7 Å². The number of benzene rings is 1. The lowest BCUT2D eigenvalue weighted by molar-refractivity contribution is 0.1000. The molecule has 1 amide bonds. The predicted octanol–water partition coefficient (Wildman–Crippen LogP) is 1.27. The lowest BCUT2D eigenvalue weighted by Gasteiger charge is -2.05. The number of imidazole rings is 1. The molecule has 0 spiro atoms. The summed E-state index contributed by atoms with van der Waals surface area (Å²) in [6.07, 6.45) is 5.43. The topological polar surface area (TPSA) is 70.0 Å². The Bertz CT molecular complexity index is 728. The smallest absolute Gasteiger partial charge is 0.328 e. The van der Waals surface area contributed by atoms with Crippen LogP contribution in [-0.2, 0) is 6.54 Å². The van der Waals surface area contributed by atoms with E-state index in [4.69, 9.17) is 5.73 Å². The largest absolute Gasteiger partial charge is 0.366 e. The molecule has 0 aliphatic heterocycles. The number of aromatic nitrogens is 2. The van der Waals surface area contributed by atoms with Gasteiger partial charge in [-0.3, -0.25) is 13.9 Å². The minimum absolute atomic E-state index is 0.120. The summed E-state index contributed by atoms with van der Waals surface area (Å²) in [4.78, 5) is 23.0. The van der Waals surface area contributed by atoms with Gasteiger partial charge in [0.2, 0.25) is 5.91 Å². The summed E-state index contributed by atoms with van der Waals surface area (Å²) in [5.74, 6) is -1.21. The highest BCUT2D eigenvalue weighted by atomic mass is 19.1. The molecule has 104 valence electrons. The van der Waals surface area contributed by atoms with Crippen LogP contribution < -0.4 is 11.4 Å². The number of rotatable bonds is 4. The van der Waals surface area contributed by atoms with Gasteiger partial charge in [0.05, 0.1) is 6.54 Å². The number of carbonyl (C=O) groups is 1. The van der Waals surface area contributed by atoms with Crippen LogP contribution in [0.25, 0.3) is 0 Å². The summed E-state index contributed by atoms with van der Waals surface area (Å²) in [5.41, 5.74) is 5.43. The van der Waals surface area contributed by atoms with Gasteiger partial charge in [0.1, 0.15) is 5.82 Å². The summed E-state index contributed by atoms with van der Waals surface area (Å²) in [5, 5.41) is 0. The molecule has 2 aromatic rings. The van der Waals surface area contributed by atoms with Crippen LogP contribution in [0.1, 0.15) is 34.8 Å². The Labute approximate surface area is 114 Å². The second kappa shape index (κ2) is 4.63. The molecule has 3 rings (SSSR count). The summed E-state index contributed by atoms with van der Waals surface area (Å²) in [7, 11) is 0. The van der Waals surface area contributed by atoms with Crippen LogP contribution in [-0.4, -0.2) is 15.0 Å². The third-order valence-corrected chi connectivity index (χ3v) is 3.49. The number of halogens is 1. The number of hydrogen-bond donors (Lipinski definition) is 1. The first-order valence-electron chi connectivity index (χ1n) is 6.42. The molecule has 1 aromatic carbocycles. The zero-order valence-corrected chi connectivity index (χ0v) is 10.8. The molecule has 1 aliphatic carbocycles. The molecule has 0 bridgehead atoms.